The predicted octanol–water partition coefficient (Wildman–Crippen LogP) is -3.18. The Balaban J connectivity index is -0.000000452. The second kappa shape index (κ2) is 15.4. The Hall–Kier alpha value is 0.890. The van der Waals surface area contributed by atoms with Crippen LogP contribution in [0.1, 0.15) is 45.1 Å². The van der Waals surface area contributed by atoms with Crippen LogP contribution >= 0.6 is 0 Å². The summed E-state index contributed by atoms with van der Waals surface area (Å²) >= 11 is 0. The van der Waals surface area contributed by atoms with Crippen molar-refractivity contribution < 1.29 is 81.7 Å². The summed E-state index contributed by atoms with van der Waals surface area (Å²) in [6, 6.07) is 7.64. The summed E-state index contributed by atoms with van der Waals surface area (Å²) < 4.78 is 34.1. The third-order valence-electron chi connectivity index (χ3n) is 2.72. The number of aromatic hydroxyl groups is 1. The van der Waals surface area contributed by atoms with Gasteiger partial charge in [-0.2, -0.15) is 0 Å². The summed E-state index contributed by atoms with van der Waals surface area (Å²) in [6.07, 6.45) is 6.09. The van der Waals surface area contributed by atoms with Gasteiger partial charge in [-0.3, -0.25) is 8.42 Å². The molecule has 8 heteroatoms. The smallest absolute Gasteiger partial charge is 0.759 e. The summed E-state index contributed by atoms with van der Waals surface area (Å²) in [4.78, 5) is 0. The molecule has 0 bridgehead atoms. The topological polar surface area (TPSA) is 100 Å². The molecule has 0 radical (unpaired) electrons. The maximum atomic E-state index is 9.56. The van der Waals surface area contributed by atoms with Crippen LogP contribution in [0.5, 0.6) is 5.75 Å². The molecule has 0 spiro atoms. The molecule has 0 aliphatic carbocycles. The van der Waals surface area contributed by atoms with E-state index in [0.29, 0.717) is 5.75 Å². The molecular weight excluding hydrogens is 326 g/mol. The number of rotatable bonds is 6. The zero-order valence-corrected chi connectivity index (χ0v) is 18.7. The summed E-state index contributed by atoms with van der Waals surface area (Å²) in [6.45, 7) is 4.53. The van der Waals surface area contributed by atoms with Gasteiger partial charge in [0.1, 0.15) is 5.75 Å². The van der Waals surface area contributed by atoms with E-state index in [2.05, 4.69) is 13.8 Å². The predicted molar refractivity (Wildman–Crippen MR) is 75.6 cm³/mol. The first kappa shape index (κ1) is 27.7. The van der Waals surface area contributed by atoms with Gasteiger partial charge in [-0.05, 0) is 30.4 Å². The van der Waals surface area contributed by atoms with E-state index in [0.717, 1.165) is 17.9 Å². The van der Waals surface area contributed by atoms with Gasteiger partial charge >= 0.3 is 59.1 Å². The molecule has 1 aromatic rings. The fraction of sp³-hybridized carbons (Fsp3) is 0.571. The number of hydrogen-bond acceptors (Lipinski definition) is 5. The molecule has 0 aromatic heterocycles. The van der Waals surface area contributed by atoms with Crippen molar-refractivity contribution in [2.75, 3.05) is 0 Å². The number of benzene rings is 1. The molecule has 0 saturated carbocycles. The molecule has 5 nitrogen and oxygen atoms in total. The van der Waals surface area contributed by atoms with Gasteiger partial charge < -0.3 is 14.2 Å². The SMILES string of the molecule is CC(C)CCCCCc1ccccc1O.O=S(=O)([O-])[O-].[Na+].[Na+]. The van der Waals surface area contributed by atoms with Crippen LogP contribution in [0.25, 0.3) is 0 Å². The monoisotopic (exact) mass is 348 g/mol. The van der Waals surface area contributed by atoms with Crippen LogP contribution in [-0.4, -0.2) is 22.6 Å². The minimum Gasteiger partial charge on any atom is -0.759 e. The van der Waals surface area contributed by atoms with Crippen molar-refractivity contribution in [1.29, 1.82) is 0 Å². The maximum Gasteiger partial charge on any atom is 1.00 e. The molecule has 0 heterocycles. The minimum absolute atomic E-state index is 0. The van der Waals surface area contributed by atoms with Gasteiger partial charge in [0.05, 0.1) is 0 Å². The molecular formula is C14H22Na2O5S. The van der Waals surface area contributed by atoms with Crippen molar-refractivity contribution in [3.63, 3.8) is 0 Å². The van der Waals surface area contributed by atoms with Crippen LogP contribution in [0.4, 0.5) is 0 Å². The Morgan fingerprint density at radius 3 is 2.00 bits per heavy atom. The number of para-hydroxylation sites is 1. The zero-order chi connectivity index (χ0) is 15.6. The van der Waals surface area contributed by atoms with Crippen molar-refractivity contribution in [3.05, 3.63) is 29.8 Å². The van der Waals surface area contributed by atoms with Gasteiger partial charge in [0.15, 0.2) is 0 Å². The van der Waals surface area contributed by atoms with Crippen LogP contribution in [0, 0.1) is 5.92 Å². The van der Waals surface area contributed by atoms with Gasteiger partial charge in [0.2, 0.25) is 0 Å². The van der Waals surface area contributed by atoms with E-state index in [4.69, 9.17) is 17.5 Å². The number of aryl methyl sites for hydroxylation is 1. The van der Waals surface area contributed by atoms with E-state index in [-0.39, 0.29) is 59.1 Å². The molecule has 0 fully saturated rings. The summed E-state index contributed by atoms with van der Waals surface area (Å²) in [5.41, 5.74) is 1.09. The largest absolute Gasteiger partial charge is 1.00 e. The van der Waals surface area contributed by atoms with E-state index >= 15 is 0 Å². The molecule has 22 heavy (non-hydrogen) atoms. The fourth-order valence-electron chi connectivity index (χ4n) is 1.77. The van der Waals surface area contributed by atoms with Crippen LogP contribution < -0.4 is 59.1 Å². The van der Waals surface area contributed by atoms with Crippen LogP contribution in [0.15, 0.2) is 24.3 Å². The third kappa shape index (κ3) is 20.9. The molecule has 0 saturated heterocycles. The Kier molecular flexibility index (Phi) is 19.4. The number of phenolic OH excluding ortho intramolecular Hbond substituents is 1. The first-order chi connectivity index (χ1) is 9.20. The van der Waals surface area contributed by atoms with E-state index < -0.39 is 10.4 Å². The summed E-state index contributed by atoms with van der Waals surface area (Å²) in [7, 11) is -5.17. The summed E-state index contributed by atoms with van der Waals surface area (Å²) in [5, 5.41) is 9.56. The second-order valence-electron chi connectivity index (χ2n) is 5.03. The standard InChI is InChI=1S/C14H22O.2Na.H2O4S/c1-12(2)8-4-3-5-9-13-10-6-7-11-14(13)15;;;1-5(2,3)4/h6-7,10-12,15H,3-5,8-9H2,1-2H3;;;(H2,1,2,3,4)/q;2*+1;/p-2. The molecule has 0 amide bonds. The number of hydrogen-bond donors (Lipinski definition) is 1. The molecule has 0 atom stereocenters. The normalized spacial score (nSPS) is 10.0. The van der Waals surface area contributed by atoms with Gasteiger partial charge in [-0.15, -0.1) is 0 Å². The van der Waals surface area contributed by atoms with Crippen molar-refractivity contribution in [3.8, 4) is 5.75 Å². The van der Waals surface area contributed by atoms with Crippen molar-refractivity contribution in [2.45, 2.75) is 46.0 Å². The van der Waals surface area contributed by atoms with E-state index in [1.165, 1.54) is 25.7 Å². The molecule has 0 aliphatic heterocycles. The number of unbranched alkanes of at least 4 members (excludes halogenated alkanes) is 2. The second-order valence-corrected chi connectivity index (χ2v) is 5.85. The van der Waals surface area contributed by atoms with E-state index in [1.54, 1.807) is 6.07 Å². The van der Waals surface area contributed by atoms with Crippen LogP contribution in [-0.2, 0) is 16.8 Å². The van der Waals surface area contributed by atoms with Crippen LogP contribution in [0.2, 0.25) is 0 Å². The van der Waals surface area contributed by atoms with Gasteiger partial charge in [-0.25, -0.2) is 0 Å². The van der Waals surface area contributed by atoms with Crippen molar-refractivity contribution in [2.24, 2.45) is 5.92 Å². The zero-order valence-electron chi connectivity index (χ0n) is 13.9. The Bertz CT molecular complexity index is 470. The van der Waals surface area contributed by atoms with E-state index in [1.807, 2.05) is 18.2 Å². The van der Waals surface area contributed by atoms with E-state index in [9.17, 15) is 5.11 Å². The van der Waals surface area contributed by atoms with Gasteiger partial charge in [0.25, 0.3) is 0 Å². The Morgan fingerprint density at radius 2 is 1.55 bits per heavy atom. The molecule has 0 aliphatic rings. The Morgan fingerprint density at radius 1 is 1.05 bits per heavy atom. The average molecular weight is 348 g/mol. The van der Waals surface area contributed by atoms with Gasteiger partial charge in [0, 0.05) is 10.4 Å². The first-order valence-electron chi connectivity index (χ1n) is 6.63. The summed E-state index contributed by atoms with van der Waals surface area (Å²) in [5.74, 6) is 1.26. The first-order valence-corrected chi connectivity index (χ1v) is 7.97. The van der Waals surface area contributed by atoms with Crippen molar-refractivity contribution >= 4 is 10.4 Å². The molecule has 1 rings (SSSR count). The molecule has 1 aromatic carbocycles. The third-order valence-corrected chi connectivity index (χ3v) is 2.72. The average Bonchev–Trinajstić information content (AvgIpc) is 2.28. The molecule has 1 N–H and O–H groups in total. The van der Waals surface area contributed by atoms with Crippen molar-refractivity contribution in [1.82, 2.24) is 0 Å². The maximum absolute atomic E-state index is 9.56. The van der Waals surface area contributed by atoms with Crippen LogP contribution in [0.3, 0.4) is 0 Å². The Labute approximate surface area is 178 Å². The fourth-order valence-corrected chi connectivity index (χ4v) is 1.77. The number of phenols is 1. The minimum atomic E-state index is -5.17. The molecule has 0 unspecified atom stereocenters. The molecule has 116 valence electrons. The quantitative estimate of drug-likeness (QED) is 0.253. The van der Waals surface area contributed by atoms with Gasteiger partial charge in [-0.1, -0.05) is 51.3 Å².